The second-order valence-corrected chi connectivity index (χ2v) is 4.98. The lowest BCUT2D eigenvalue weighted by Gasteiger charge is -2.14. The quantitative estimate of drug-likeness (QED) is 0.797. The molecule has 0 bridgehead atoms. The van der Waals surface area contributed by atoms with Gasteiger partial charge >= 0.3 is 0 Å². The van der Waals surface area contributed by atoms with E-state index >= 15 is 0 Å². The standard InChI is InChI=1S/C13H17NO/c1-9-2-3-12-10(4-7-15-12)11(9)8-13(14)5-6-13/h2-3H,4-8,14H2,1H3. The average Bonchev–Trinajstić information content (AvgIpc) is 2.78. The van der Waals surface area contributed by atoms with Crippen LogP contribution < -0.4 is 10.5 Å². The van der Waals surface area contributed by atoms with Crippen LogP contribution in [0.15, 0.2) is 12.1 Å². The van der Waals surface area contributed by atoms with E-state index in [1.807, 2.05) is 0 Å². The van der Waals surface area contributed by atoms with E-state index in [2.05, 4.69) is 19.1 Å². The van der Waals surface area contributed by atoms with Crippen LogP contribution >= 0.6 is 0 Å². The third-order valence-electron chi connectivity index (χ3n) is 3.65. The maximum atomic E-state index is 6.20. The van der Waals surface area contributed by atoms with Gasteiger partial charge in [-0.25, -0.2) is 0 Å². The molecule has 0 aromatic heterocycles. The normalized spacial score (nSPS) is 20.9. The Labute approximate surface area is 90.4 Å². The van der Waals surface area contributed by atoms with Crippen LogP contribution in [0.25, 0.3) is 0 Å². The summed E-state index contributed by atoms with van der Waals surface area (Å²) in [5.74, 6) is 1.08. The Morgan fingerprint density at radius 3 is 2.93 bits per heavy atom. The Bertz CT molecular complexity index is 407. The van der Waals surface area contributed by atoms with Gasteiger partial charge in [-0.05, 0) is 43.4 Å². The van der Waals surface area contributed by atoms with Gasteiger partial charge in [-0.2, -0.15) is 0 Å². The highest BCUT2D eigenvalue weighted by atomic mass is 16.5. The summed E-state index contributed by atoms with van der Waals surface area (Å²) in [5.41, 5.74) is 10.5. The Morgan fingerprint density at radius 1 is 1.40 bits per heavy atom. The van der Waals surface area contributed by atoms with E-state index in [1.165, 1.54) is 29.5 Å². The van der Waals surface area contributed by atoms with Crippen LogP contribution in [0.3, 0.4) is 0 Å². The second-order valence-electron chi connectivity index (χ2n) is 4.98. The second kappa shape index (κ2) is 2.99. The van der Waals surface area contributed by atoms with Gasteiger partial charge in [-0.15, -0.1) is 0 Å². The molecule has 15 heavy (non-hydrogen) atoms. The van der Waals surface area contributed by atoms with Gasteiger partial charge in [-0.3, -0.25) is 0 Å². The molecule has 0 radical (unpaired) electrons. The summed E-state index contributed by atoms with van der Waals surface area (Å²) < 4.78 is 5.59. The molecule has 1 aliphatic heterocycles. The number of hydrogen-bond acceptors (Lipinski definition) is 2. The topological polar surface area (TPSA) is 35.2 Å². The minimum absolute atomic E-state index is 0.0997. The summed E-state index contributed by atoms with van der Waals surface area (Å²) in [6.45, 7) is 3.02. The molecule has 2 N–H and O–H groups in total. The van der Waals surface area contributed by atoms with Crippen LogP contribution in [0.2, 0.25) is 0 Å². The highest BCUT2D eigenvalue weighted by molar-refractivity contribution is 5.48. The molecular formula is C13H17NO. The Kier molecular flexibility index (Phi) is 1.84. The van der Waals surface area contributed by atoms with Crippen molar-refractivity contribution >= 4 is 0 Å². The molecule has 1 aromatic rings. The van der Waals surface area contributed by atoms with Gasteiger partial charge < -0.3 is 10.5 Å². The van der Waals surface area contributed by atoms with Crippen LogP contribution in [0.4, 0.5) is 0 Å². The van der Waals surface area contributed by atoms with E-state index < -0.39 is 0 Å². The number of rotatable bonds is 2. The van der Waals surface area contributed by atoms with Gasteiger partial charge in [0.2, 0.25) is 0 Å². The highest BCUT2D eigenvalue weighted by Gasteiger charge is 2.39. The number of ether oxygens (including phenoxy) is 1. The van der Waals surface area contributed by atoms with Gasteiger partial charge in [0.15, 0.2) is 0 Å². The lowest BCUT2D eigenvalue weighted by atomic mass is 9.93. The summed E-state index contributed by atoms with van der Waals surface area (Å²) in [5, 5.41) is 0. The molecule has 1 heterocycles. The Morgan fingerprint density at radius 2 is 2.20 bits per heavy atom. The van der Waals surface area contributed by atoms with E-state index in [0.29, 0.717) is 0 Å². The maximum Gasteiger partial charge on any atom is 0.122 e. The van der Waals surface area contributed by atoms with Crippen molar-refractivity contribution in [3.05, 3.63) is 28.8 Å². The SMILES string of the molecule is Cc1ccc2c(c1CC1(N)CC1)CCO2. The molecule has 0 spiro atoms. The lowest BCUT2D eigenvalue weighted by Crippen LogP contribution is -2.25. The van der Waals surface area contributed by atoms with Crippen molar-refractivity contribution in [3.8, 4) is 5.75 Å². The van der Waals surface area contributed by atoms with Gasteiger partial charge in [0.1, 0.15) is 5.75 Å². The lowest BCUT2D eigenvalue weighted by molar-refractivity contribution is 0.357. The summed E-state index contributed by atoms with van der Waals surface area (Å²) >= 11 is 0. The van der Waals surface area contributed by atoms with Crippen molar-refractivity contribution < 1.29 is 4.74 Å². The molecule has 3 rings (SSSR count). The van der Waals surface area contributed by atoms with E-state index in [4.69, 9.17) is 10.5 Å². The molecule has 1 aromatic carbocycles. The number of aryl methyl sites for hydroxylation is 1. The highest BCUT2D eigenvalue weighted by Crippen LogP contribution is 2.40. The Balaban J connectivity index is 2.01. The zero-order chi connectivity index (χ0) is 10.5. The molecule has 80 valence electrons. The first-order chi connectivity index (χ1) is 7.18. The number of fused-ring (bicyclic) bond motifs is 1. The first-order valence-corrected chi connectivity index (χ1v) is 5.71. The molecule has 2 nitrogen and oxygen atoms in total. The van der Waals surface area contributed by atoms with Crippen molar-refractivity contribution in [3.63, 3.8) is 0 Å². The molecule has 0 unspecified atom stereocenters. The minimum Gasteiger partial charge on any atom is -0.493 e. The smallest absolute Gasteiger partial charge is 0.122 e. The predicted octanol–water partition coefficient (Wildman–Crippen LogP) is 1.96. The molecule has 2 heteroatoms. The molecule has 0 atom stereocenters. The zero-order valence-electron chi connectivity index (χ0n) is 9.18. The molecule has 2 aliphatic rings. The van der Waals surface area contributed by atoms with Gasteiger partial charge in [0, 0.05) is 17.5 Å². The van der Waals surface area contributed by atoms with Crippen LogP contribution in [-0.4, -0.2) is 12.1 Å². The summed E-state index contributed by atoms with van der Waals surface area (Å²) in [4.78, 5) is 0. The monoisotopic (exact) mass is 203 g/mol. The van der Waals surface area contributed by atoms with Gasteiger partial charge in [0.25, 0.3) is 0 Å². The van der Waals surface area contributed by atoms with E-state index in [1.54, 1.807) is 0 Å². The fourth-order valence-electron chi connectivity index (χ4n) is 2.40. The van der Waals surface area contributed by atoms with Crippen LogP contribution in [0, 0.1) is 6.92 Å². The van der Waals surface area contributed by atoms with Crippen LogP contribution in [-0.2, 0) is 12.8 Å². The molecule has 1 saturated carbocycles. The van der Waals surface area contributed by atoms with E-state index in [9.17, 15) is 0 Å². The first kappa shape index (κ1) is 9.22. The fraction of sp³-hybridized carbons (Fsp3) is 0.538. The van der Waals surface area contributed by atoms with Crippen molar-refractivity contribution in [1.29, 1.82) is 0 Å². The zero-order valence-corrected chi connectivity index (χ0v) is 9.18. The van der Waals surface area contributed by atoms with E-state index in [-0.39, 0.29) is 5.54 Å². The largest absolute Gasteiger partial charge is 0.493 e. The first-order valence-electron chi connectivity index (χ1n) is 5.71. The average molecular weight is 203 g/mol. The number of benzene rings is 1. The third kappa shape index (κ3) is 1.53. The number of nitrogens with two attached hydrogens (primary N) is 1. The molecule has 1 fully saturated rings. The van der Waals surface area contributed by atoms with Gasteiger partial charge in [-0.1, -0.05) is 6.07 Å². The molecule has 0 amide bonds. The summed E-state index contributed by atoms with van der Waals surface area (Å²) in [6.07, 6.45) is 4.45. The van der Waals surface area contributed by atoms with Crippen molar-refractivity contribution in [2.24, 2.45) is 5.73 Å². The molecular weight excluding hydrogens is 186 g/mol. The molecule has 1 aliphatic carbocycles. The van der Waals surface area contributed by atoms with Crippen molar-refractivity contribution in [2.45, 2.75) is 38.1 Å². The van der Waals surface area contributed by atoms with Crippen LogP contribution in [0.5, 0.6) is 5.75 Å². The summed E-state index contributed by atoms with van der Waals surface area (Å²) in [7, 11) is 0. The fourth-order valence-corrected chi connectivity index (χ4v) is 2.40. The minimum atomic E-state index is 0.0997. The Hall–Kier alpha value is -1.02. The van der Waals surface area contributed by atoms with Crippen LogP contribution in [0.1, 0.15) is 29.5 Å². The van der Waals surface area contributed by atoms with Gasteiger partial charge in [0.05, 0.1) is 6.61 Å². The van der Waals surface area contributed by atoms with Crippen molar-refractivity contribution in [2.75, 3.05) is 6.61 Å². The van der Waals surface area contributed by atoms with Crippen molar-refractivity contribution in [1.82, 2.24) is 0 Å². The summed E-state index contributed by atoms with van der Waals surface area (Å²) in [6, 6.07) is 4.25. The predicted molar refractivity (Wildman–Crippen MR) is 60.2 cm³/mol. The molecule has 0 saturated heterocycles. The number of hydrogen-bond donors (Lipinski definition) is 1. The maximum absolute atomic E-state index is 6.20. The third-order valence-corrected chi connectivity index (χ3v) is 3.65. The van der Waals surface area contributed by atoms with E-state index in [0.717, 1.165) is 25.2 Å².